The molecule has 1 atom stereocenters. The number of hydrogen-bond acceptors (Lipinski definition) is 0. The van der Waals surface area contributed by atoms with Gasteiger partial charge in [0.15, 0.2) is 0 Å². The molecule has 0 N–H and O–H groups in total. The van der Waals surface area contributed by atoms with Crippen molar-refractivity contribution in [2.45, 2.75) is 19.3 Å². The van der Waals surface area contributed by atoms with Crippen LogP contribution in [0, 0.1) is 5.92 Å². The zero-order chi connectivity index (χ0) is 11.9. The molecule has 0 amide bonds. The molecule has 0 radical (unpaired) electrons. The smallest absolute Gasteiger partial charge is 0.00620 e. The molecule has 0 heterocycles. The Balaban J connectivity index is 1.96. The average Bonchev–Trinajstić information content (AvgIpc) is 2.46. The van der Waals surface area contributed by atoms with E-state index in [1.165, 1.54) is 35.1 Å². The van der Waals surface area contributed by atoms with Gasteiger partial charge in [0.25, 0.3) is 0 Å². The molecule has 3 aliphatic carbocycles. The van der Waals surface area contributed by atoms with E-state index in [9.17, 15) is 0 Å². The summed E-state index contributed by atoms with van der Waals surface area (Å²) in [6.45, 7) is 0. The van der Waals surface area contributed by atoms with E-state index in [0.29, 0.717) is 5.92 Å². The molecule has 1 unspecified atom stereocenters. The maximum Gasteiger partial charge on any atom is 0.00620 e. The van der Waals surface area contributed by atoms with E-state index < -0.39 is 0 Å². The summed E-state index contributed by atoms with van der Waals surface area (Å²) < 4.78 is 0. The van der Waals surface area contributed by atoms with Crippen LogP contribution in [0.15, 0.2) is 42.5 Å². The lowest BCUT2D eigenvalue weighted by Gasteiger charge is -2.27. The zero-order valence-electron chi connectivity index (χ0n) is 10.4. The predicted molar refractivity (Wildman–Crippen MR) is 78.1 cm³/mol. The summed E-state index contributed by atoms with van der Waals surface area (Å²) in [4.78, 5) is 0. The summed E-state index contributed by atoms with van der Waals surface area (Å²) in [5, 5.41) is 0. The molecule has 0 heteroatoms. The fourth-order valence-corrected chi connectivity index (χ4v) is 3.33. The van der Waals surface area contributed by atoms with Gasteiger partial charge >= 0.3 is 0 Å². The maximum absolute atomic E-state index is 2.39. The minimum atomic E-state index is 0.597. The number of rotatable bonds is 0. The molecule has 1 aromatic rings. The van der Waals surface area contributed by atoms with E-state index in [2.05, 4.69) is 54.7 Å². The minimum Gasteiger partial charge on any atom is -0.0836 e. The largest absolute Gasteiger partial charge is 0.0836 e. The van der Waals surface area contributed by atoms with Crippen molar-refractivity contribution in [3.63, 3.8) is 0 Å². The average molecular weight is 232 g/mol. The van der Waals surface area contributed by atoms with Gasteiger partial charge in [-0.2, -0.15) is 0 Å². The molecule has 88 valence electrons. The molecule has 0 spiro atoms. The highest BCUT2D eigenvalue weighted by atomic mass is 14.3. The van der Waals surface area contributed by atoms with Crippen LogP contribution < -0.4 is 0 Å². The van der Waals surface area contributed by atoms with Crippen LogP contribution in [0.3, 0.4) is 0 Å². The van der Waals surface area contributed by atoms with Crippen molar-refractivity contribution in [2.75, 3.05) is 0 Å². The van der Waals surface area contributed by atoms with Gasteiger partial charge < -0.3 is 0 Å². The minimum absolute atomic E-state index is 0.597. The van der Waals surface area contributed by atoms with E-state index in [0.717, 1.165) is 6.42 Å². The van der Waals surface area contributed by atoms with Gasteiger partial charge in [0.2, 0.25) is 0 Å². The Morgan fingerprint density at radius 3 is 3.06 bits per heavy atom. The SMILES string of the molecule is C1=CCC2C=Cc3c(ccc4c3CCC=C4)C2=C1. The van der Waals surface area contributed by atoms with Gasteiger partial charge in [-0.25, -0.2) is 0 Å². The summed E-state index contributed by atoms with van der Waals surface area (Å²) in [7, 11) is 0. The lowest BCUT2D eigenvalue weighted by Crippen LogP contribution is -2.10. The Kier molecular flexibility index (Phi) is 2.16. The van der Waals surface area contributed by atoms with Crippen LogP contribution in [0.1, 0.15) is 35.1 Å². The summed E-state index contributed by atoms with van der Waals surface area (Å²) >= 11 is 0. The van der Waals surface area contributed by atoms with Gasteiger partial charge in [0.1, 0.15) is 0 Å². The van der Waals surface area contributed by atoms with Gasteiger partial charge in [0, 0.05) is 5.92 Å². The first-order valence-electron chi connectivity index (χ1n) is 6.81. The van der Waals surface area contributed by atoms with Crippen molar-refractivity contribution in [1.29, 1.82) is 0 Å². The molecule has 0 aromatic heterocycles. The van der Waals surface area contributed by atoms with Gasteiger partial charge in [-0.1, -0.05) is 54.7 Å². The van der Waals surface area contributed by atoms with Gasteiger partial charge in [0.05, 0.1) is 0 Å². The summed E-state index contributed by atoms with van der Waals surface area (Å²) in [6.07, 6.45) is 19.6. The van der Waals surface area contributed by atoms with Crippen LogP contribution in [0.25, 0.3) is 17.7 Å². The first-order chi connectivity index (χ1) is 8.93. The molecule has 0 fully saturated rings. The second kappa shape index (κ2) is 3.84. The molecule has 0 nitrogen and oxygen atoms in total. The zero-order valence-corrected chi connectivity index (χ0v) is 10.4. The van der Waals surface area contributed by atoms with Crippen LogP contribution in [0.5, 0.6) is 0 Å². The second-order valence-corrected chi connectivity index (χ2v) is 5.29. The second-order valence-electron chi connectivity index (χ2n) is 5.29. The van der Waals surface area contributed by atoms with Crippen molar-refractivity contribution >= 4 is 17.7 Å². The van der Waals surface area contributed by atoms with Crippen molar-refractivity contribution < 1.29 is 0 Å². The van der Waals surface area contributed by atoms with Gasteiger partial charge in [-0.15, -0.1) is 0 Å². The Morgan fingerprint density at radius 2 is 2.06 bits per heavy atom. The summed E-state index contributed by atoms with van der Waals surface area (Å²) in [5.74, 6) is 0.597. The third kappa shape index (κ3) is 1.38. The topological polar surface area (TPSA) is 0 Å². The Hall–Kier alpha value is -1.82. The lowest BCUT2D eigenvalue weighted by atomic mass is 9.77. The Labute approximate surface area is 108 Å². The van der Waals surface area contributed by atoms with Crippen LogP contribution >= 0.6 is 0 Å². The summed E-state index contributed by atoms with van der Waals surface area (Å²) in [5.41, 5.74) is 7.39. The van der Waals surface area contributed by atoms with E-state index >= 15 is 0 Å². The van der Waals surface area contributed by atoms with E-state index in [1.54, 1.807) is 5.56 Å². The van der Waals surface area contributed by atoms with Crippen LogP contribution in [0.4, 0.5) is 0 Å². The highest BCUT2D eigenvalue weighted by Gasteiger charge is 2.23. The summed E-state index contributed by atoms with van der Waals surface area (Å²) in [6, 6.07) is 4.60. The maximum atomic E-state index is 2.39. The quantitative estimate of drug-likeness (QED) is 0.611. The fraction of sp³-hybridized carbons (Fsp3) is 0.222. The van der Waals surface area contributed by atoms with Crippen LogP contribution in [-0.2, 0) is 6.42 Å². The lowest BCUT2D eigenvalue weighted by molar-refractivity contribution is 0.839. The molecule has 4 rings (SSSR count). The number of hydrogen-bond donors (Lipinski definition) is 0. The van der Waals surface area contributed by atoms with E-state index in [-0.39, 0.29) is 0 Å². The number of allylic oxidation sites excluding steroid dienone is 6. The van der Waals surface area contributed by atoms with E-state index in [4.69, 9.17) is 0 Å². The van der Waals surface area contributed by atoms with Crippen LogP contribution in [0.2, 0.25) is 0 Å². The van der Waals surface area contributed by atoms with Gasteiger partial charge in [-0.3, -0.25) is 0 Å². The molecule has 18 heavy (non-hydrogen) atoms. The fourth-order valence-electron chi connectivity index (χ4n) is 3.33. The Bertz CT molecular complexity index is 624. The number of fused-ring (bicyclic) bond motifs is 5. The van der Waals surface area contributed by atoms with Crippen molar-refractivity contribution in [3.05, 3.63) is 64.8 Å². The molecule has 0 saturated heterocycles. The molecule has 0 bridgehead atoms. The standard InChI is InChI=1S/C18H16/c1-3-7-15-13(5-1)9-11-18-16-8-4-2-6-14(16)10-12-17(15)18/h1-3,6-7,9-13H,4-5,8H2. The Morgan fingerprint density at radius 1 is 1.06 bits per heavy atom. The first-order valence-corrected chi connectivity index (χ1v) is 6.81. The third-order valence-corrected chi connectivity index (χ3v) is 4.26. The molecular formula is C18H16. The van der Waals surface area contributed by atoms with Gasteiger partial charge in [-0.05, 0) is 47.1 Å². The molecule has 3 aliphatic rings. The first kappa shape index (κ1) is 10.1. The monoisotopic (exact) mass is 232 g/mol. The highest BCUT2D eigenvalue weighted by Crippen LogP contribution is 2.40. The molecule has 1 aromatic carbocycles. The number of benzene rings is 1. The predicted octanol–water partition coefficient (Wildman–Crippen LogP) is 4.63. The van der Waals surface area contributed by atoms with Crippen LogP contribution in [-0.4, -0.2) is 0 Å². The normalized spacial score (nSPS) is 23.1. The molecule has 0 saturated carbocycles. The van der Waals surface area contributed by atoms with Crippen molar-refractivity contribution in [3.8, 4) is 0 Å². The van der Waals surface area contributed by atoms with Crippen molar-refractivity contribution in [1.82, 2.24) is 0 Å². The molecular weight excluding hydrogens is 216 g/mol. The van der Waals surface area contributed by atoms with E-state index in [1.807, 2.05) is 0 Å². The third-order valence-electron chi connectivity index (χ3n) is 4.26. The van der Waals surface area contributed by atoms with Crippen molar-refractivity contribution in [2.24, 2.45) is 5.92 Å². The molecule has 0 aliphatic heterocycles. The highest BCUT2D eigenvalue weighted by molar-refractivity contribution is 5.85.